The van der Waals surface area contributed by atoms with Gasteiger partial charge < -0.3 is 25.6 Å². The van der Waals surface area contributed by atoms with Crippen LogP contribution in [0.2, 0.25) is 10.0 Å². The molecule has 12 heteroatoms. The highest BCUT2D eigenvalue weighted by molar-refractivity contribution is 7.90. The van der Waals surface area contributed by atoms with Crippen LogP contribution in [0.15, 0.2) is 41.3 Å². The molecule has 3 aliphatic rings. The van der Waals surface area contributed by atoms with E-state index in [0.717, 1.165) is 29.7 Å². The van der Waals surface area contributed by atoms with Crippen LogP contribution in [-0.4, -0.2) is 66.5 Å². The molecule has 0 unspecified atom stereocenters. The lowest BCUT2D eigenvalue weighted by Gasteiger charge is -2.27. The first kappa shape index (κ1) is 30.9. The number of sulfone groups is 1. The predicted octanol–water partition coefficient (Wildman–Crippen LogP) is 4.66. The van der Waals surface area contributed by atoms with Crippen molar-refractivity contribution in [2.75, 3.05) is 18.4 Å². The zero-order valence-corrected chi connectivity index (χ0v) is 26.7. The van der Waals surface area contributed by atoms with Crippen molar-refractivity contribution in [1.82, 2.24) is 15.2 Å². The fourth-order valence-electron chi connectivity index (χ4n) is 6.04. The Morgan fingerprint density at radius 1 is 1.11 bits per heavy atom. The summed E-state index contributed by atoms with van der Waals surface area (Å²) in [6.45, 7) is 4.88. The normalized spacial score (nSPS) is 20.8. The summed E-state index contributed by atoms with van der Waals surface area (Å²) in [6, 6.07) is 9.59. The maximum atomic E-state index is 13.4. The van der Waals surface area contributed by atoms with Crippen LogP contribution in [0.3, 0.4) is 0 Å². The van der Waals surface area contributed by atoms with Gasteiger partial charge in [-0.1, -0.05) is 29.3 Å². The Balaban J connectivity index is 1.25. The Kier molecular flexibility index (Phi) is 8.40. The number of aryl methyl sites for hydroxylation is 1. The molecule has 1 aliphatic carbocycles. The number of aliphatic hydroxyl groups excluding tert-OH is 1. The van der Waals surface area contributed by atoms with Crippen LogP contribution in [-0.2, 0) is 31.6 Å². The molecule has 1 aromatic heterocycles. The number of anilines is 1. The Bertz CT molecular complexity index is 1780. The lowest BCUT2D eigenvalue weighted by atomic mass is 10.0. The molecule has 1 saturated carbocycles. The summed E-state index contributed by atoms with van der Waals surface area (Å²) in [7, 11) is -3.85. The van der Waals surface area contributed by atoms with Crippen molar-refractivity contribution in [2.45, 2.75) is 68.4 Å². The van der Waals surface area contributed by atoms with Gasteiger partial charge >= 0.3 is 0 Å². The first-order valence-electron chi connectivity index (χ1n) is 14.6. The van der Waals surface area contributed by atoms with Crippen molar-refractivity contribution in [3.63, 3.8) is 0 Å². The fourth-order valence-corrected chi connectivity index (χ4v) is 8.16. The van der Waals surface area contributed by atoms with E-state index in [1.54, 1.807) is 35.2 Å². The molecule has 0 radical (unpaired) electrons. The number of aromatic nitrogens is 1. The molecule has 0 bridgehead atoms. The smallest absolute Gasteiger partial charge is 0.256 e. The average molecular weight is 658 g/mol. The number of likely N-dealkylation sites (tertiary alicyclic amines) is 1. The summed E-state index contributed by atoms with van der Waals surface area (Å²) in [4.78, 5) is 31.6. The highest BCUT2D eigenvalue weighted by Crippen LogP contribution is 2.37. The minimum atomic E-state index is -3.85. The second kappa shape index (κ2) is 12.0. The molecular formula is C32H34Cl2N4O5S. The summed E-state index contributed by atoms with van der Waals surface area (Å²) in [5, 5.41) is 17.3. The topological polar surface area (TPSA) is 132 Å². The first-order chi connectivity index (χ1) is 20.9. The van der Waals surface area contributed by atoms with Crippen LogP contribution >= 0.6 is 23.2 Å². The number of benzene rings is 2. The number of aliphatic hydroxyl groups is 1. The van der Waals surface area contributed by atoms with Gasteiger partial charge in [-0.15, -0.1) is 0 Å². The molecule has 4 N–H and O–H groups in total. The van der Waals surface area contributed by atoms with Crippen LogP contribution in [0.4, 0.5) is 5.69 Å². The highest BCUT2D eigenvalue weighted by Gasteiger charge is 2.37. The molecule has 2 fully saturated rings. The van der Waals surface area contributed by atoms with Crippen molar-refractivity contribution < 1.29 is 23.1 Å². The number of fused-ring (bicyclic) bond motifs is 1. The number of carbonyl (C=O) groups is 2. The van der Waals surface area contributed by atoms with E-state index >= 15 is 0 Å². The Hall–Kier alpha value is -3.15. The van der Waals surface area contributed by atoms with Gasteiger partial charge in [-0.05, 0) is 80.6 Å². The van der Waals surface area contributed by atoms with Crippen molar-refractivity contribution in [1.29, 1.82) is 0 Å². The van der Waals surface area contributed by atoms with E-state index in [2.05, 4.69) is 15.6 Å². The van der Waals surface area contributed by atoms with Gasteiger partial charge in [0.2, 0.25) is 5.91 Å². The molecule has 6 rings (SSSR count). The fraction of sp³-hybridized carbons (Fsp3) is 0.375. The number of nitrogens with one attached hydrogen (secondary N) is 3. The number of nitrogens with zero attached hydrogens (tertiary/aromatic N) is 1. The van der Waals surface area contributed by atoms with E-state index in [1.165, 1.54) is 12.1 Å². The van der Waals surface area contributed by atoms with Gasteiger partial charge in [0.1, 0.15) is 0 Å². The second-order valence-electron chi connectivity index (χ2n) is 11.8. The largest absolute Gasteiger partial charge is 0.391 e. The molecule has 1 saturated heterocycles. The molecule has 0 spiro atoms. The summed E-state index contributed by atoms with van der Waals surface area (Å²) in [5.74, 6) is -0.793. The van der Waals surface area contributed by atoms with E-state index in [-0.39, 0.29) is 45.0 Å². The molecule has 232 valence electrons. The van der Waals surface area contributed by atoms with Crippen molar-refractivity contribution in [2.24, 2.45) is 0 Å². The standard InChI is InChI=1S/C32H34Cl2N4O5S/c1-17-21(14-31(40)38-11-10-30(39)29(38)15-35-19-6-7-19)18(2)36-28(17)13-23-22-12-20(8-9-27(22)37-32(23)41)44(42,43)16-24-25(33)4-3-5-26(24)34/h3-5,8-9,12-13,19,29-30,35-36,39H,6-7,10-11,14-16H2,1-2H3,(H,37,41)/b23-13-/t29-,30+/m1/s1. The van der Waals surface area contributed by atoms with Crippen LogP contribution in [0.5, 0.6) is 0 Å². The first-order valence-corrected chi connectivity index (χ1v) is 17.1. The van der Waals surface area contributed by atoms with Crippen LogP contribution < -0.4 is 10.6 Å². The number of amides is 2. The SMILES string of the molecule is Cc1[nH]c(/C=C2\C(=O)Nc3ccc(S(=O)(=O)Cc4c(Cl)cccc4Cl)cc32)c(C)c1CC(=O)N1CC[C@H](O)[C@H]1CNC1CC1. The van der Waals surface area contributed by atoms with E-state index in [9.17, 15) is 23.1 Å². The summed E-state index contributed by atoms with van der Waals surface area (Å²) >= 11 is 12.5. The Morgan fingerprint density at radius 3 is 2.55 bits per heavy atom. The quantitative estimate of drug-likeness (QED) is 0.248. The molecule has 9 nitrogen and oxygen atoms in total. The number of aromatic amines is 1. The molecule has 2 aliphatic heterocycles. The number of hydrogen-bond acceptors (Lipinski definition) is 6. The average Bonchev–Trinajstić information content (AvgIpc) is 3.58. The third-order valence-corrected chi connectivity index (χ3v) is 11.2. The minimum absolute atomic E-state index is 0.0406. The number of carbonyl (C=O) groups excluding carboxylic acids is 2. The van der Waals surface area contributed by atoms with Gasteiger partial charge in [0, 0.05) is 57.4 Å². The Labute approximate surface area is 266 Å². The van der Waals surface area contributed by atoms with Gasteiger partial charge in [0.15, 0.2) is 9.84 Å². The number of H-pyrrole nitrogens is 1. The third-order valence-electron chi connectivity index (χ3n) is 8.80. The van der Waals surface area contributed by atoms with Crippen LogP contribution in [0.25, 0.3) is 11.6 Å². The van der Waals surface area contributed by atoms with E-state index in [4.69, 9.17) is 23.2 Å². The zero-order chi connectivity index (χ0) is 31.3. The van der Waals surface area contributed by atoms with Crippen molar-refractivity contribution >= 4 is 62.2 Å². The molecule has 3 heterocycles. The van der Waals surface area contributed by atoms with Gasteiger partial charge in [-0.3, -0.25) is 9.59 Å². The van der Waals surface area contributed by atoms with Gasteiger partial charge in [-0.2, -0.15) is 0 Å². The van der Waals surface area contributed by atoms with Crippen LogP contribution in [0, 0.1) is 13.8 Å². The molecule has 2 aromatic carbocycles. The van der Waals surface area contributed by atoms with Crippen LogP contribution in [0.1, 0.15) is 52.9 Å². The number of rotatable bonds is 9. The monoisotopic (exact) mass is 656 g/mol. The number of halogens is 2. The summed E-state index contributed by atoms with van der Waals surface area (Å²) in [6.07, 6.45) is 4.14. The second-order valence-corrected chi connectivity index (χ2v) is 14.6. The zero-order valence-electron chi connectivity index (χ0n) is 24.4. The predicted molar refractivity (Wildman–Crippen MR) is 171 cm³/mol. The maximum absolute atomic E-state index is 13.4. The van der Waals surface area contributed by atoms with Gasteiger partial charge in [-0.25, -0.2) is 8.42 Å². The molecule has 2 amide bonds. The third kappa shape index (κ3) is 6.06. The Morgan fingerprint density at radius 2 is 1.84 bits per heavy atom. The van der Waals surface area contributed by atoms with Crippen molar-refractivity contribution in [3.05, 3.63) is 80.1 Å². The number of hydrogen-bond donors (Lipinski definition) is 4. The lowest BCUT2D eigenvalue weighted by molar-refractivity contribution is -0.132. The summed E-state index contributed by atoms with van der Waals surface area (Å²) < 4.78 is 26.8. The molecule has 44 heavy (non-hydrogen) atoms. The molecular weight excluding hydrogens is 623 g/mol. The molecule has 3 aromatic rings. The summed E-state index contributed by atoms with van der Waals surface area (Å²) in [5.41, 5.74) is 4.72. The van der Waals surface area contributed by atoms with E-state index in [1.807, 2.05) is 13.8 Å². The van der Waals surface area contributed by atoms with E-state index < -0.39 is 15.9 Å². The lowest BCUT2D eigenvalue weighted by Crippen LogP contribution is -2.47. The van der Waals surface area contributed by atoms with Gasteiger partial charge in [0.25, 0.3) is 5.91 Å². The maximum Gasteiger partial charge on any atom is 0.256 e. The van der Waals surface area contributed by atoms with Gasteiger partial charge in [0.05, 0.1) is 34.8 Å². The molecule has 2 atom stereocenters. The minimum Gasteiger partial charge on any atom is -0.391 e. The highest BCUT2D eigenvalue weighted by atomic mass is 35.5. The van der Waals surface area contributed by atoms with Crippen molar-refractivity contribution in [3.8, 4) is 0 Å². The van der Waals surface area contributed by atoms with E-state index in [0.29, 0.717) is 53.6 Å².